The van der Waals surface area contributed by atoms with E-state index in [1.165, 1.54) is 5.56 Å². The molecule has 0 saturated carbocycles. The lowest BCUT2D eigenvalue weighted by atomic mass is 9.94. The predicted molar refractivity (Wildman–Crippen MR) is 74.1 cm³/mol. The van der Waals surface area contributed by atoms with Crippen LogP contribution in [0.4, 0.5) is 0 Å². The van der Waals surface area contributed by atoms with Gasteiger partial charge in [-0.1, -0.05) is 12.1 Å². The molecule has 5 nitrogen and oxygen atoms in total. The highest BCUT2D eigenvalue weighted by Crippen LogP contribution is 2.41. The molecule has 3 fully saturated rings. The second-order valence-corrected chi connectivity index (χ2v) is 6.08. The third-order valence-electron chi connectivity index (χ3n) is 4.76. The van der Waals surface area contributed by atoms with Crippen molar-refractivity contribution < 1.29 is 23.1 Å². The highest BCUT2D eigenvalue weighted by molar-refractivity contribution is 6.54. The van der Waals surface area contributed by atoms with Crippen LogP contribution in [-0.4, -0.2) is 56.8 Å². The maximum atomic E-state index is 6.10. The second-order valence-electron chi connectivity index (χ2n) is 6.08. The molecule has 0 amide bonds. The summed E-state index contributed by atoms with van der Waals surface area (Å²) in [5.74, 6) is 0.896. The van der Waals surface area contributed by atoms with Crippen LogP contribution in [-0.2, 0) is 14.0 Å². The Morgan fingerprint density at radius 1 is 1.30 bits per heavy atom. The van der Waals surface area contributed by atoms with Crippen molar-refractivity contribution in [3.05, 3.63) is 29.8 Å². The fourth-order valence-corrected chi connectivity index (χ4v) is 3.76. The van der Waals surface area contributed by atoms with E-state index >= 15 is 0 Å². The van der Waals surface area contributed by atoms with Gasteiger partial charge in [-0.3, -0.25) is 0 Å². The number of hydrogen-bond acceptors (Lipinski definition) is 4. The Kier molecular flexibility index (Phi) is 2.82. The normalized spacial score (nSPS) is 38.8. The van der Waals surface area contributed by atoms with Crippen molar-refractivity contribution in [3.63, 3.8) is 0 Å². The van der Waals surface area contributed by atoms with Crippen molar-refractivity contribution in [1.82, 2.24) is 0 Å². The van der Waals surface area contributed by atoms with Gasteiger partial charge in [0, 0.05) is 0 Å². The van der Waals surface area contributed by atoms with Gasteiger partial charge in [0.25, 0.3) is 0 Å². The third kappa shape index (κ3) is 1.79. The largest absolute Gasteiger partial charge is 0.625 e. The van der Waals surface area contributed by atoms with Crippen LogP contribution < -0.4 is 4.74 Å². The molecule has 3 aliphatic heterocycles. The SMILES string of the molecule is Cc1cccc(OCC2C[N+]34CCO[B-]3(OCC4)O2)c1. The average molecular weight is 277 g/mol. The maximum absolute atomic E-state index is 6.10. The molecule has 0 bridgehead atoms. The van der Waals surface area contributed by atoms with E-state index in [-0.39, 0.29) is 6.10 Å². The first kappa shape index (κ1) is 12.6. The summed E-state index contributed by atoms with van der Waals surface area (Å²) in [7, 11) is 0. The summed E-state index contributed by atoms with van der Waals surface area (Å²) in [5.41, 5.74) is 1.20. The fourth-order valence-electron chi connectivity index (χ4n) is 3.76. The topological polar surface area (TPSA) is 36.9 Å². The first-order chi connectivity index (χ1) is 9.71. The first-order valence-electron chi connectivity index (χ1n) is 7.36. The molecule has 108 valence electrons. The number of aryl methyl sites for hydroxylation is 1. The molecule has 6 heteroatoms. The van der Waals surface area contributed by atoms with Gasteiger partial charge in [-0.05, 0) is 24.6 Å². The molecule has 0 aromatic heterocycles. The van der Waals surface area contributed by atoms with E-state index in [0.717, 1.165) is 43.0 Å². The lowest BCUT2D eigenvalue weighted by Gasteiger charge is -2.37. The van der Waals surface area contributed by atoms with Gasteiger partial charge in [0.05, 0.1) is 32.8 Å². The smallest absolute Gasteiger partial charge is 0.491 e. The molecule has 1 unspecified atom stereocenters. The number of rotatable bonds is 3. The third-order valence-corrected chi connectivity index (χ3v) is 4.76. The van der Waals surface area contributed by atoms with E-state index in [4.69, 9.17) is 18.7 Å². The summed E-state index contributed by atoms with van der Waals surface area (Å²) in [6, 6.07) is 8.09. The zero-order chi connectivity index (χ0) is 13.6. The van der Waals surface area contributed by atoms with Crippen LogP contribution in [0, 0.1) is 6.92 Å². The van der Waals surface area contributed by atoms with Crippen LogP contribution in [0.15, 0.2) is 24.3 Å². The minimum Gasteiger partial charge on any atom is -0.491 e. The summed E-state index contributed by atoms with van der Waals surface area (Å²) in [6.07, 6.45) is 0.0520. The second kappa shape index (κ2) is 4.46. The first-order valence-corrected chi connectivity index (χ1v) is 7.36. The lowest BCUT2D eigenvalue weighted by Crippen LogP contribution is -2.59. The average Bonchev–Trinajstić information content (AvgIpc) is 2.97. The molecule has 3 saturated heterocycles. The van der Waals surface area contributed by atoms with E-state index < -0.39 is 6.89 Å². The van der Waals surface area contributed by atoms with Crippen LogP contribution in [0.3, 0.4) is 0 Å². The van der Waals surface area contributed by atoms with Crippen LogP contribution in [0.2, 0.25) is 0 Å². The number of benzene rings is 1. The molecular formula is C14H20BNO4. The molecule has 0 aliphatic carbocycles. The summed E-state index contributed by atoms with van der Waals surface area (Å²) >= 11 is 0. The summed E-state index contributed by atoms with van der Waals surface area (Å²) in [4.78, 5) is 0. The van der Waals surface area contributed by atoms with Gasteiger partial charge in [-0.15, -0.1) is 0 Å². The van der Waals surface area contributed by atoms with E-state index in [2.05, 4.69) is 13.0 Å². The molecule has 1 aromatic carbocycles. The predicted octanol–water partition coefficient (Wildman–Crippen LogP) is 1.09. The van der Waals surface area contributed by atoms with E-state index in [9.17, 15) is 0 Å². The molecule has 3 heterocycles. The van der Waals surface area contributed by atoms with E-state index in [1.54, 1.807) is 0 Å². The highest BCUT2D eigenvalue weighted by Gasteiger charge is 2.66. The minimum absolute atomic E-state index is 0.0520. The monoisotopic (exact) mass is 277 g/mol. The van der Waals surface area contributed by atoms with Gasteiger partial charge < -0.3 is 23.1 Å². The molecule has 20 heavy (non-hydrogen) atoms. The van der Waals surface area contributed by atoms with Crippen LogP contribution in [0.5, 0.6) is 5.75 Å². The Morgan fingerprint density at radius 3 is 2.80 bits per heavy atom. The highest BCUT2D eigenvalue weighted by atomic mass is 16.8. The van der Waals surface area contributed by atoms with Crippen molar-refractivity contribution in [2.75, 3.05) is 39.5 Å². The van der Waals surface area contributed by atoms with Crippen LogP contribution in [0.25, 0.3) is 0 Å². The zero-order valence-electron chi connectivity index (χ0n) is 11.8. The quantitative estimate of drug-likeness (QED) is 0.775. The summed E-state index contributed by atoms with van der Waals surface area (Å²) < 4.78 is 24.4. The molecule has 1 aromatic rings. The fraction of sp³-hybridized carbons (Fsp3) is 0.571. The van der Waals surface area contributed by atoms with Crippen molar-refractivity contribution in [2.45, 2.75) is 13.0 Å². The van der Waals surface area contributed by atoms with Gasteiger partial charge in [0.15, 0.2) is 0 Å². The molecule has 0 radical (unpaired) electrons. The van der Waals surface area contributed by atoms with Gasteiger partial charge in [0.1, 0.15) is 18.5 Å². The summed E-state index contributed by atoms with van der Waals surface area (Å²) in [6.45, 7) is 5.48. The van der Waals surface area contributed by atoms with Crippen molar-refractivity contribution in [1.29, 1.82) is 0 Å². The Balaban J connectivity index is 1.43. The van der Waals surface area contributed by atoms with Crippen molar-refractivity contribution >= 4 is 6.89 Å². The number of ether oxygens (including phenoxy) is 1. The van der Waals surface area contributed by atoms with Crippen molar-refractivity contribution in [3.8, 4) is 5.75 Å². The molecule has 1 atom stereocenters. The molecule has 3 aliphatic rings. The molecule has 0 spiro atoms. The summed E-state index contributed by atoms with van der Waals surface area (Å²) in [5, 5.41) is 0. The Bertz CT molecular complexity index is 494. The van der Waals surface area contributed by atoms with Crippen LogP contribution >= 0.6 is 0 Å². The maximum Gasteiger partial charge on any atom is 0.625 e. The number of nitrogens with zero attached hydrogens (tertiary/aromatic N) is 1. The zero-order valence-corrected chi connectivity index (χ0v) is 11.8. The molecule has 4 rings (SSSR count). The van der Waals surface area contributed by atoms with E-state index in [1.807, 2.05) is 18.2 Å². The Hall–Kier alpha value is -1.08. The van der Waals surface area contributed by atoms with Gasteiger partial charge in [-0.2, -0.15) is 0 Å². The standard InChI is InChI=1S/C14H20BNO4/c1-12-3-2-4-13(9-12)17-11-14-10-16-5-7-18-15(16,20-14)19-8-6-16/h2-4,9,14H,5-8,10-11H2,1H3. The molecular weight excluding hydrogens is 257 g/mol. The Labute approximate surface area is 119 Å². The van der Waals surface area contributed by atoms with Crippen molar-refractivity contribution in [2.24, 2.45) is 0 Å². The van der Waals surface area contributed by atoms with Crippen LogP contribution in [0.1, 0.15) is 5.56 Å². The van der Waals surface area contributed by atoms with Gasteiger partial charge >= 0.3 is 6.89 Å². The molecule has 0 N–H and O–H groups in total. The Morgan fingerprint density at radius 2 is 2.10 bits per heavy atom. The van der Waals surface area contributed by atoms with E-state index in [0.29, 0.717) is 6.61 Å². The van der Waals surface area contributed by atoms with Gasteiger partial charge in [0.2, 0.25) is 0 Å². The van der Waals surface area contributed by atoms with Gasteiger partial charge in [-0.25, -0.2) is 0 Å². The number of quaternary nitrogens is 1. The lowest BCUT2D eigenvalue weighted by molar-refractivity contribution is -0.816. The minimum atomic E-state index is -1.56. The number of hydrogen-bond donors (Lipinski definition) is 0.